The van der Waals surface area contributed by atoms with Crippen LogP contribution in [0, 0.1) is 0 Å². The molecule has 0 saturated carbocycles. The summed E-state index contributed by atoms with van der Waals surface area (Å²) in [6.07, 6.45) is -0.587. The van der Waals surface area contributed by atoms with Gasteiger partial charge in [0.15, 0.2) is 0 Å². The minimum Gasteiger partial charge on any atom is -0.465 e. The van der Waals surface area contributed by atoms with E-state index in [1.54, 1.807) is 0 Å². The molecule has 1 fully saturated rings. The molecule has 174 valence electrons. The largest absolute Gasteiger partial charge is 0.465 e. The number of likely N-dealkylation sites (tertiary alicyclic amines) is 1. The van der Waals surface area contributed by atoms with Crippen molar-refractivity contribution >= 4 is 34.9 Å². The van der Waals surface area contributed by atoms with Gasteiger partial charge < -0.3 is 14.4 Å². The molecule has 2 atom stereocenters. The molecule has 0 aliphatic carbocycles. The molecule has 7 nitrogen and oxygen atoms in total. The summed E-state index contributed by atoms with van der Waals surface area (Å²) in [5, 5.41) is 11.7. The average Bonchev–Trinajstić information content (AvgIpc) is 3.10. The van der Waals surface area contributed by atoms with Crippen LogP contribution < -0.4 is 10.4 Å². The van der Waals surface area contributed by atoms with Crippen molar-refractivity contribution in [3.05, 3.63) is 60.7 Å². The summed E-state index contributed by atoms with van der Waals surface area (Å²) in [7, 11) is -6.51. The molecule has 0 radical (unpaired) electrons. The van der Waals surface area contributed by atoms with E-state index in [0.29, 0.717) is 0 Å². The molecule has 2 aromatic rings. The van der Waals surface area contributed by atoms with Gasteiger partial charge in [-0.25, -0.2) is 4.79 Å². The summed E-state index contributed by atoms with van der Waals surface area (Å²) in [5.41, 5.74) is 0. The van der Waals surface area contributed by atoms with Crippen molar-refractivity contribution in [2.45, 2.75) is 44.4 Å². The van der Waals surface area contributed by atoms with Crippen LogP contribution in [0.2, 0.25) is 5.04 Å². The maximum Gasteiger partial charge on any atom is 0.407 e. The van der Waals surface area contributed by atoms with Crippen molar-refractivity contribution in [1.29, 1.82) is 0 Å². The number of rotatable bonds is 7. The van der Waals surface area contributed by atoms with Gasteiger partial charge in [0, 0.05) is 0 Å². The first-order chi connectivity index (χ1) is 14.9. The van der Waals surface area contributed by atoms with Crippen LogP contribution in [0.15, 0.2) is 60.7 Å². The molecule has 2 aromatic carbocycles. The van der Waals surface area contributed by atoms with Crippen LogP contribution in [0.1, 0.15) is 27.2 Å². The van der Waals surface area contributed by atoms with Crippen LogP contribution >= 0.6 is 0 Å². The zero-order valence-corrected chi connectivity index (χ0v) is 20.7. The fourth-order valence-corrected chi connectivity index (χ4v) is 9.80. The zero-order chi connectivity index (χ0) is 23.6. The minimum atomic E-state index is -3.68. The predicted molar refractivity (Wildman–Crippen MR) is 126 cm³/mol. The maximum absolute atomic E-state index is 11.9. The van der Waals surface area contributed by atoms with Gasteiger partial charge >= 0.3 is 6.09 Å². The Morgan fingerprint density at radius 3 is 1.97 bits per heavy atom. The van der Waals surface area contributed by atoms with Gasteiger partial charge in [-0.3, -0.25) is 4.18 Å². The molecule has 3 rings (SSSR count). The van der Waals surface area contributed by atoms with Gasteiger partial charge in [-0.1, -0.05) is 81.4 Å². The predicted octanol–water partition coefficient (Wildman–Crippen LogP) is 2.66. The van der Waals surface area contributed by atoms with Crippen molar-refractivity contribution in [2.75, 3.05) is 19.4 Å². The summed E-state index contributed by atoms with van der Waals surface area (Å²) in [5.74, 6) is 0. The lowest BCUT2D eigenvalue weighted by molar-refractivity contribution is 0.119. The molecule has 32 heavy (non-hydrogen) atoms. The molecule has 1 amide bonds. The smallest absolute Gasteiger partial charge is 0.407 e. The average molecular weight is 478 g/mol. The monoisotopic (exact) mass is 477 g/mol. The molecule has 1 N–H and O–H groups in total. The summed E-state index contributed by atoms with van der Waals surface area (Å²) in [4.78, 5) is 13.1. The van der Waals surface area contributed by atoms with E-state index >= 15 is 0 Å². The lowest BCUT2D eigenvalue weighted by Crippen LogP contribution is -2.67. The number of carboxylic acid groups (broad SMARTS) is 1. The fraction of sp³-hybridized carbons (Fsp3) is 0.435. The third kappa shape index (κ3) is 5.23. The van der Waals surface area contributed by atoms with Crippen molar-refractivity contribution in [3.8, 4) is 0 Å². The van der Waals surface area contributed by atoms with Crippen molar-refractivity contribution in [3.63, 3.8) is 0 Å². The quantitative estimate of drug-likeness (QED) is 0.487. The van der Waals surface area contributed by atoms with Gasteiger partial charge in [0.25, 0.3) is 18.4 Å². The van der Waals surface area contributed by atoms with E-state index < -0.39 is 36.7 Å². The fourth-order valence-electron chi connectivity index (χ4n) is 4.57. The molecule has 1 saturated heterocycles. The Kier molecular flexibility index (Phi) is 7.14. The number of nitrogens with zero attached hydrogens (tertiary/aromatic N) is 1. The van der Waals surface area contributed by atoms with Crippen LogP contribution in [-0.4, -0.2) is 64.4 Å². The second-order valence-electron chi connectivity index (χ2n) is 9.22. The van der Waals surface area contributed by atoms with Crippen molar-refractivity contribution in [1.82, 2.24) is 4.90 Å². The lowest BCUT2D eigenvalue weighted by atomic mass is 10.2. The highest BCUT2D eigenvalue weighted by Gasteiger charge is 2.51. The first-order valence-electron chi connectivity index (χ1n) is 10.6. The second kappa shape index (κ2) is 9.34. The zero-order valence-electron chi connectivity index (χ0n) is 18.9. The van der Waals surface area contributed by atoms with Crippen LogP contribution in [0.3, 0.4) is 0 Å². The molecule has 1 aliphatic rings. The van der Waals surface area contributed by atoms with Gasteiger partial charge in [-0.2, -0.15) is 8.42 Å². The van der Waals surface area contributed by atoms with E-state index in [4.69, 9.17) is 8.61 Å². The summed E-state index contributed by atoms with van der Waals surface area (Å²) >= 11 is 0. The number of hydrogen-bond acceptors (Lipinski definition) is 5. The van der Waals surface area contributed by atoms with Crippen LogP contribution in [0.4, 0.5) is 4.79 Å². The van der Waals surface area contributed by atoms with Gasteiger partial charge in [0.1, 0.15) is 0 Å². The van der Waals surface area contributed by atoms with Crippen molar-refractivity contribution < 1.29 is 26.9 Å². The summed E-state index contributed by atoms with van der Waals surface area (Å²) in [6.45, 7) is 6.61. The Morgan fingerprint density at radius 2 is 1.56 bits per heavy atom. The molecule has 1 heterocycles. The van der Waals surface area contributed by atoms with E-state index in [1.807, 2.05) is 36.4 Å². The number of benzene rings is 2. The summed E-state index contributed by atoms with van der Waals surface area (Å²) in [6, 6.07) is 19.7. The highest BCUT2D eigenvalue weighted by Crippen LogP contribution is 2.37. The van der Waals surface area contributed by atoms with Gasteiger partial charge in [-0.15, -0.1) is 0 Å². The minimum absolute atomic E-state index is 0.00280. The molecule has 9 heteroatoms. The van der Waals surface area contributed by atoms with Gasteiger partial charge in [0.2, 0.25) is 0 Å². The third-order valence-electron chi connectivity index (χ3n) is 5.84. The van der Waals surface area contributed by atoms with E-state index in [1.165, 1.54) is 4.90 Å². The van der Waals surface area contributed by atoms with Gasteiger partial charge in [-0.05, 0) is 21.8 Å². The molecule has 0 spiro atoms. The van der Waals surface area contributed by atoms with E-state index in [-0.39, 0.29) is 24.6 Å². The second-order valence-corrected chi connectivity index (χ2v) is 15.1. The molecule has 2 unspecified atom stereocenters. The third-order valence-corrected chi connectivity index (χ3v) is 11.5. The Hall–Kier alpha value is -2.20. The Bertz CT molecular complexity index is 984. The molecule has 0 aromatic heterocycles. The highest BCUT2D eigenvalue weighted by molar-refractivity contribution is 7.86. The first-order valence-corrected chi connectivity index (χ1v) is 14.3. The van der Waals surface area contributed by atoms with Crippen LogP contribution in [-0.2, 0) is 18.7 Å². The summed E-state index contributed by atoms with van der Waals surface area (Å²) < 4.78 is 35.1. The van der Waals surface area contributed by atoms with Crippen LogP contribution in [0.25, 0.3) is 0 Å². The van der Waals surface area contributed by atoms with Crippen molar-refractivity contribution in [2.24, 2.45) is 0 Å². The molecule has 0 bridgehead atoms. The maximum atomic E-state index is 11.9. The van der Waals surface area contributed by atoms with E-state index in [2.05, 4.69) is 45.0 Å². The number of amides is 1. The standard InChI is InChI=1S/C23H31NO6SSi/c1-23(2,3)32(20-11-7-5-8-12-20,21-13-9-6-10-14-21)29-17-18-15-19(30-31(4,27)28)16-24(18)22(25)26/h5-14,18-19H,15-17H2,1-4H3,(H,25,26). The normalized spacial score (nSPS) is 19.8. The van der Waals surface area contributed by atoms with E-state index in [0.717, 1.165) is 16.6 Å². The number of carbonyl (C=O) groups is 1. The SMILES string of the molecule is CC(C)(C)[Si](OCC1CC(OS(C)(=O)=O)CN1C(=O)O)(c1ccccc1)c1ccccc1. The van der Waals surface area contributed by atoms with E-state index in [9.17, 15) is 18.3 Å². The van der Waals surface area contributed by atoms with Crippen LogP contribution in [0.5, 0.6) is 0 Å². The Labute approximate surface area is 191 Å². The first kappa shape index (κ1) is 24.4. The topological polar surface area (TPSA) is 93.1 Å². The number of hydrogen-bond donors (Lipinski definition) is 1. The van der Waals surface area contributed by atoms with Gasteiger partial charge in [0.05, 0.1) is 31.6 Å². The Morgan fingerprint density at radius 1 is 1.06 bits per heavy atom. The highest BCUT2D eigenvalue weighted by atomic mass is 32.2. The molecule has 1 aliphatic heterocycles. The Balaban J connectivity index is 1.98. The lowest BCUT2D eigenvalue weighted by Gasteiger charge is -2.43. The molecular weight excluding hydrogens is 446 g/mol. The molecular formula is C23H31NO6SSi.